The number of aryl methyl sites for hydroxylation is 1. The number of carbonyl (C=O) groups excluding carboxylic acids is 1. The van der Waals surface area contributed by atoms with E-state index in [4.69, 9.17) is 9.72 Å². The van der Waals surface area contributed by atoms with Gasteiger partial charge in [0.25, 0.3) is 6.01 Å². The summed E-state index contributed by atoms with van der Waals surface area (Å²) in [7, 11) is 0. The molecule has 5 nitrogen and oxygen atoms in total. The summed E-state index contributed by atoms with van der Waals surface area (Å²) in [6.07, 6.45) is 9.25. The lowest BCUT2D eigenvalue weighted by Crippen LogP contribution is -2.34. The van der Waals surface area contributed by atoms with E-state index in [-0.39, 0.29) is 0 Å². The van der Waals surface area contributed by atoms with Gasteiger partial charge in [-0.15, -0.1) is 0 Å². The van der Waals surface area contributed by atoms with Crippen molar-refractivity contribution in [2.75, 3.05) is 13.1 Å². The molecule has 1 aromatic carbocycles. The van der Waals surface area contributed by atoms with Crippen molar-refractivity contribution in [2.45, 2.75) is 64.0 Å². The number of imidazole rings is 1. The first-order valence-corrected chi connectivity index (χ1v) is 9.59. The lowest BCUT2D eigenvalue weighted by atomic mass is 9.98. The first kappa shape index (κ1) is 16.4. The molecule has 1 aromatic heterocycles. The van der Waals surface area contributed by atoms with Crippen LogP contribution in [0.1, 0.15) is 56.6 Å². The van der Waals surface area contributed by atoms with Gasteiger partial charge in [0.15, 0.2) is 0 Å². The Morgan fingerprint density at radius 1 is 1.12 bits per heavy atom. The van der Waals surface area contributed by atoms with E-state index in [1.165, 1.54) is 24.8 Å². The molecule has 2 aliphatic rings. The van der Waals surface area contributed by atoms with E-state index in [0.717, 1.165) is 62.2 Å². The van der Waals surface area contributed by atoms with Crippen molar-refractivity contribution in [1.82, 2.24) is 14.5 Å². The zero-order valence-corrected chi connectivity index (χ0v) is 15.0. The minimum atomic E-state index is 0.292. The highest BCUT2D eigenvalue weighted by Crippen LogP contribution is 2.34. The van der Waals surface area contributed by atoms with E-state index in [1.54, 1.807) is 0 Å². The van der Waals surface area contributed by atoms with Crippen molar-refractivity contribution in [1.29, 1.82) is 0 Å². The van der Waals surface area contributed by atoms with Crippen LogP contribution in [0.5, 0.6) is 6.01 Å². The molecule has 2 aromatic rings. The highest BCUT2D eigenvalue weighted by molar-refractivity contribution is 5.77. The van der Waals surface area contributed by atoms with E-state index >= 15 is 0 Å². The monoisotopic (exact) mass is 341 g/mol. The topological polar surface area (TPSA) is 47.4 Å². The van der Waals surface area contributed by atoms with Crippen LogP contribution in [0.2, 0.25) is 0 Å². The fraction of sp³-hybridized carbons (Fsp3) is 0.600. The SMILES string of the molecule is Cc1ccc2c(c1)nc(OC1CCCCC1)n2C1CCN(C=O)CC1. The van der Waals surface area contributed by atoms with Gasteiger partial charge in [-0.2, -0.15) is 4.98 Å². The van der Waals surface area contributed by atoms with E-state index in [1.807, 2.05) is 4.90 Å². The maximum Gasteiger partial charge on any atom is 0.297 e. The molecule has 1 aliphatic carbocycles. The lowest BCUT2D eigenvalue weighted by Gasteiger charge is -2.31. The number of piperidine rings is 1. The first-order chi connectivity index (χ1) is 12.2. The van der Waals surface area contributed by atoms with Crippen molar-refractivity contribution in [2.24, 2.45) is 0 Å². The number of hydrogen-bond acceptors (Lipinski definition) is 3. The summed E-state index contributed by atoms with van der Waals surface area (Å²) in [6.45, 7) is 3.72. The van der Waals surface area contributed by atoms with E-state index in [0.29, 0.717) is 12.1 Å². The van der Waals surface area contributed by atoms with Crippen LogP contribution in [0.4, 0.5) is 0 Å². The number of rotatable bonds is 4. The van der Waals surface area contributed by atoms with Gasteiger partial charge in [0.05, 0.1) is 11.0 Å². The zero-order valence-electron chi connectivity index (χ0n) is 15.0. The van der Waals surface area contributed by atoms with Gasteiger partial charge in [-0.3, -0.25) is 9.36 Å². The summed E-state index contributed by atoms with van der Waals surface area (Å²) in [6, 6.07) is 7.57. The third-order valence-corrected chi connectivity index (χ3v) is 5.65. The largest absolute Gasteiger partial charge is 0.461 e. The molecule has 0 atom stereocenters. The van der Waals surface area contributed by atoms with E-state index < -0.39 is 0 Å². The van der Waals surface area contributed by atoms with Crippen LogP contribution in [0.3, 0.4) is 0 Å². The summed E-state index contributed by atoms with van der Waals surface area (Å²) in [4.78, 5) is 17.7. The van der Waals surface area contributed by atoms with E-state index in [2.05, 4.69) is 29.7 Å². The van der Waals surface area contributed by atoms with Gasteiger partial charge in [-0.1, -0.05) is 12.5 Å². The molecule has 1 saturated carbocycles. The van der Waals surface area contributed by atoms with Gasteiger partial charge in [-0.05, 0) is 63.1 Å². The van der Waals surface area contributed by atoms with Gasteiger partial charge in [-0.25, -0.2) is 0 Å². The van der Waals surface area contributed by atoms with Crippen LogP contribution in [-0.2, 0) is 4.79 Å². The van der Waals surface area contributed by atoms with Crippen molar-refractivity contribution in [3.05, 3.63) is 23.8 Å². The third kappa shape index (κ3) is 3.37. The molecule has 5 heteroatoms. The Balaban J connectivity index is 1.66. The average molecular weight is 341 g/mol. The Morgan fingerprint density at radius 3 is 2.60 bits per heavy atom. The quantitative estimate of drug-likeness (QED) is 0.794. The van der Waals surface area contributed by atoms with Crippen LogP contribution < -0.4 is 4.74 Å². The van der Waals surface area contributed by atoms with E-state index in [9.17, 15) is 4.79 Å². The fourth-order valence-corrected chi connectivity index (χ4v) is 4.20. The Hall–Kier alpha value is -2.04. The molecule has 1 amide bonds. The summed E-state index contributed by atoms with van der Waals surface area (Å²) >= 11 is 0. The van der Waals surface area contributed by atoms with Gasteiger partial charge in [0.2, 0.25) is 6.41 Å². The number of aromatic nitrogens is 2. The van der Waals surface area contributed by atoms with Crippen LogP contribution in [0, 0.1) is 6.92 Å². The second kappa shape index (κ2) is 7.06. The smallest absolute Gasteiger partial charge is 0.297 e. The molecule has 1 aliphatic heterocycles. The van der Waals surface area contributed by atoms with Crippen LogP contribution >= 0.6 is 0 Å². The molecule has 25 heavy (non-hydrogen) atoms. The maximum absolute atomic E-state index is 11.0. The minimum Gasteiger partial charge on any atom is -0.461 e. The molecule has 0 unspecified atom stereocenters. The normalized spacial score (nSPS) is 20.1. The standard InChI is InChI=1S/C20H27N3O2/c1-15-7-8-19-18(13-15)21-20(25-17-5-3-2-4-6-17)23(19)16-9-11-22(14-24)12-10-16/h7-8,13-14,16-17H,2-6,9-12H2,1H3. The lowest BCUT2D eigenvalue weighted by molar-refractivity contribution is -0.119. The maximum atomic E-state index is 11.0. The average Bonchev–Trinajstić information content (AvgIpc) is 2.99. The highest BCUT2D eigenvalue weighted by atomic mass is 16.5. The van der Waals surface area contributed by atoms with Crippen molar-refractivity contribution < 1.29 is 9.53 Å². The second-order valence-electron chi connectivity index (χ2n) is 7.51. The van der Waals surface area contributed by atoms with Gasteiger partial charge < -0.3 is 9.64 Å². The Bertz CT molecular complexity index is 741. The Morgan fingerprint density at radius 2 is 1.88 bits per heavy atom. The number of likely N-dealkylation sites (tertiary alicyclic amines) is 1. The number of benzene rings is 1. The summed E-state index contributed by atoms with van der Waals surface area (Å²) in [5, 5.41) is 0. The van der Waals surface area contributed by atoms with Gasteiger partial charge in [0.1, 0.15) is 6.10 Å². The molecule has 0 N–H and O–H groups in total. The van der Waals surface area contributed by atoms with Crippen molar-refractivity contribution in [3.8, 4) is 6.01 Å². The Labute approximate surface area is 149 Å². The van der Waals surface area contributed by atoms with Gasteiger partial charge in [0, 0.05) is 19.1 Å². The summed E-state index contributed by atoms with van der Waals surface area (Å²) < 4.78 is 8.68. The zero-order chi connectivity index (χ0) is 17.2. The molecular formula is C20H27N3O2. The predicted molar refractivity (Wildman–Crippen MR) is 97.9 cm³/mol. The molecule has 134 valence electrons. The molecule has 2 heterocycles. The van der Waals surface area contributed by atoms with Crippen molar-refractivity contribution in [3.63, 3.8) is 0 Å². The van der Waals surface area contributed by atoms with Crippen LogP contribution in [0.15, 0.2) is 18.2 Å². The summed E-state index contributed by atoms with van der Waals surface area (Å²) in [5.74, 6) is 0. The molecule has 0 bridgehead atoms. The first-order valence-electron chi connectivity index (χ1n) is 9.59. The molecular weight excluding hydrogens is 314 g/mol. The fourth-order valence-electron chi connectivity index (χ4n) is 4.20. The molecule has 0 radical (unpaired) electrons. The highest BCUT2D eigenvalue weighted by Gasteiger charge is 2.26. The Kier molecular flexibility index (Phi) is 4.64. The second-order valence-corrected chi connectivity index (χ2v) is 7.51. The predicted octanol–water partition coefficient (Wildman–Crippen LogP) is 3.85. The molecule has 4 rings (SSSR count). The number of nitrogens with zero attached hydrogens (tertiary/aromatic N) is 3. The van der Waals surface area contributed by atoms with Crippen LogP contribution in [-0.4, -0.2) is 40.1 Å². The minimum absolute atomic E-state index is 0.292. The molecule has 0 spiro atoms. The van der Waals surface area contributed by atoms with Gasteiger partial charge >= 0.3 is 0 Å². The number of ether oxygens (including phenoxy) is 1. The van der Waals surface area contributed by atoms with Crippen LogP contribution in [0.25, 0.3) is 11.0 Å². The summed E-state index contributed by atoms with van der Waals surface area (Å²) in [5.41, 5.74) is 3.39. The number of hydrogen-bond donors (Lipinski definition) is 0. The number of amides is 1. The van der Waals surface area contributed by atoms with Crippen molar-refractivity contribution >= 4 is 17.4 Å². The number of carbonyl (C=O) groups is 1. The molecule has 2 fully saturated rings. The molecule has 1 saturated heterocycles. The third-order valence-electron chi connectivity index (χ3n) is 5.65. The number of fused-ring (bicyclic) bond motifs is 1.